The summed E-state index contributed by atoms with van der Waals surface area (Å²) in [6, 6.07) is 4.81. The maximum absolute atomic E-state index is 12.1. The maximum Gasteiger partial charge on any atom is 0.414 e. The fourth-order valence-electron chi connectivity index (χ4n) is 2.57. The van der Waals surface area contributed by atoms with E-state index >= 15 is 0 Å². The van der Waals surface area contributed by atoms with Crippen LogP contribution >= 0.6 is 0 Å². The van der Waals surface area contributed by atoms with Crippen molar-refractivity contribution in [2.24, 2.45) is 0 Å². The molecule has 1 aliphatic rings. The molecule has 9 heteroatoms. The van der Waals surface area contributed by atoms with Gasteiger partial charge in [-0.3, -0.25) is 4.90 Å². The molecule has 6 nitrogen and oxygen atoms in total. The van der Waals surface area contributed by atoms with Gasteiger partial charge in [0, 0.05) is 17.9 Å². The van der Waals surface area contributed by atoms with E-state index in [4.69, 9.17) is 19.0 Å². The predicted octanol–water partition coefficient (Wildman–Crippen LogP) is 3.47. The highest BCUT2D eigenvalue weighted by atomic mass is 19.4. The van der Waals surface area contributed by atoms with Crippen molar-refractivity contribution in [3.8, 4) is 5.75 Å². The lowest BCUT2D eigenvalue weighted by Gasteiger charge is -2.11. The molecule has 1 atom stereocenters. The lowest BCUT2D eigenvalue weighted by atomic mass is 10.2. The molecule has 0 saturated carbocycles. The predicted molar refractivity (Wildman–Crippen MR) is 81.7 cm³/mol. The molecule has 0 aliphatic carbocycles. The summed E-state index contributed by atoms with van der Waals surface area (Å²) < 4.78 is 52.0. The van der Waals surface area contributed by atoms with Gasteiger partial charge in [0.25, 0.3) is 0 Å². The van der Waals surface area contributed by atoms with Crippen molar-refractivity contribution >= 4 is 22.7 Å². The molecular formula is C16H16F3NO5. The van der Waals surface area contributed by atoms with Gasteiger partial charge in [0.05, 0.1) is 25.4 Å². The van der Waals surface area contributed by atoms with Crippen LogP contribution in [-0.2, 0) is 4.74 Å². The SMILES string of the molecule is O=C1OC(CO)CN1c1coc2cc(OCCCC(F)(F)F)ccc12. The van der Waals surface area contributed by atoms with Crippen molar-refractivity contribution in [3.05, 3.63) is 24.5 Å². The molecule has 1 aromatic carbocycles. The van der Waals surface area contributed by atoms with E-state index in [2.05, 4.69) is 0 Å². The largest absolute Gasteiger partial charge is 0.493 e. The van der Waals surface area contributed by atoms with E-state index in [9.17, 15) is 18.0 Å². The minimum Gasteiger partial charge on any atom is -0.493 e. The smallest absolute Gasteiger partial charge is 0.414 e. The Labute approximate surface area is 140 Å². The summed E-state index contributed by atoms with van der Waals surface area (Å²) in [5, 5.41) is 9.72. The highest BCUT2D eigenvalue weighted by Gasteiger charge is 2.33. The number of aliphatic hydroxyl groups excluding tert-OH is 1. The number of carbonyl (C=O) groups excluding carboxylic acids is 1. The van der Waals surface area contributed by atoms with Gasteiger partial charge >= 0.3 is 12.3 Å². The minimum absolute atomic E-state index is 0.0603. The Balaban J connectivity index is 1.68. The number of rotatable bonds is 6. The van der Waals surface area contributed by atoms with Gasteiger partial charge in [-0.1, -0.05) is 0 Å². The fraction of sp³-hybridized carbons (Fsp3) is 0.438. The van der Waals surface area contributed by atoms with E-state index in [0.717, 1.165) is 0 Å². The molecule has 0 radical (unpaired) electrons. The first kappa shape index (κ1) is 17.4. The van der Waals surface area contributed by atoms with Crippen molar-refractivity contribution in [2.45, 2.75) is 25.1 Å². The van der Waals surface area contributed by atoms with E-state index in [1.807, 2.05) is 0 Å². The molecular weight excluding hydrogens is 343 g/mol. The summed E-state index contributed by atoms with van der Waals surface area (Å²) in [6.45, 7) is -0.122. The zero-order chi connectivity index (χ0) is 18.0. The molecule has 0 spiro atoms. The number of hydrogen-bond donors (Lipinski definition) is 1. The number of aliphatic hydroxyl groups is 1. The Morgan fingerprint density at radius 3 is 2.84 bits per heavy atom. The number of nitrogens with zero attached hydrogens (tertiary/aromatic N) is 1. The lowest BCUT2D eigenvalue weighted by molar-refractivity contribution is -0.136. The zero-order valence-corrected chi connectivity index (χ0v) is 13.1. The number of furan rings is 1. The molecule has 136 valence electrons. The van der Waals surface area contributed by atoms with E-state index < -0.39 is 24.8 Å². The number of hydrogen-bond acceptors (Lipinski definition) is 5. The number of cyclic esters (lactones) is 1. The highest BCUT2D eigenvalue weighted by Crippen LogP contribution is 2.34. The minimum atomic E-state index is -4.19. The van der Waals surface area contributed by atoms with Crippen molar-refractivity contribution in [2.75, 3.05) is 24.7 Å². The number of carbonyl (C=O) groups is 1. The van der Waals surface area contributed by atoms with Gasteiger partial charge in [-0.05, 0) is 18.6 Å². The van der Waals surface area contributed by atoms with Gasteiger partial charge in [0.2, 0.25) is 0 Å². The van der Waals surface area contributed by atoms with Gasteiger partial charge in [0.1, 0.15) is 23.7 Å². The van der Waals surface area contributed by atoms with Crippen LogP contribution in [-0.4, -0.2) is 43.2 Å². The Bertz CT molecular complexity index is 758. The maximum atomic E-state index is 12.1. The monoisotopic (exact) mass is 359 g/mol. The molecule has 1 amide bonds. The standard InChI is InChI=1S/C16H16F3NO5/c17-16(18,19)4-1-5-23-10-2-3-12-13(9-24-14(12)6-10)20-7-11(8-21)25-15(20)22/h2-3,6,9,11,21H,1,4-5,7-8H2. The number of benzene rings is 1. The van der Waals surface area contributed by atoms with Gasteiger partial charge in [-0.15, -0.1) is 0 Å². The van der Waals surface area contributed by atoms with Crippen molar-refractivity contribution < 1.29 is 37.0 Å². The Kier molecular flexibility index (Phi) is 4.76. The average Bonchev–Trinajstić information content (AvgIpc) is 3.13. The second kappa shape index (κ2) is 6.83. The Morgan fingerprint density at radius 1 is 1.36 bits per heavy atom. The van der Waals surface area contributed by atoms with Crippen LogP contribution in [0, 0.1) is 0 Å². The molecule has 1 N–H and O–H groups in total. The summed E-state index contributed by atoms with van der Waals surface area (Å²) in [6.07, 6.45) is -5.00. The van der Waals surface area contributed by atoms with E-state index in [0.29, 0.717) is 22.4 Å². The van der Waals surface area contributed by atoms with Gasteiger partial charge < -0.3 is 19.0 Å². The first-order valence-electron chi connectivity index (χ1n) is 7.67. The summed E-state index contributed by atoms with van der Waals surface area (Å²) in [5.41, 5.74) is 0.933. The molecule has 1 aromatic heterocycles. The topological polar surface area (TPSA) is 72.1 Å². The number of anilines is 1. The van der Waals surface area contributed by atoms with Crippen LogP contribution in [0.5, 0.6) is 5.75 Å². The van der Waals surface area contributed by atoms with E-state index in [-0.39, 0.29) is 26.2 Å². The van der Waals surface area contributed by atoms with Crippen LogP contribution in [0.2, 0.25) is 0 Å². The van der Waals surface area contributed by atoms with Crippen molar-refractivity contribution in [1.29, 1.82) is 0 Å². The first-order chi connectivity index (χ1) is 11.9. The van der Waals surface area contributed by atoms with E-state index in [1.165, 1.54) is 11.2 Å². The third kappa shape index (κ3) is 3.98. The first-order valence-corrected chi connectivity index (χ1v) is 7.67. The molecule has 3 rings (SSSR count). The Morgan fingerprint density at radius 2 is 2.16 bits per heavy atom. The zero-order valence-electron chi connectivity index (χ0n) is 13.1. The number of fused-ring (bicyclic) bond motifs is 1. The summed E-state index contributed by atoms with van der Waals surface area (Å²) in [7, 11) is 0. The lowest BCUT2D eigenvalue weighted by Crippen LogP contribution is -2.25. The average molecular weight is 359 g/mol. The molecule has 1 aliphatic heterocycles. The summed E-state index contributed by atoms with van der Waals surface area (Å²) in [5.74, 6) is 0.382. The summed E-state index contributed by atoms with van der Waals surface area (Å²) in [4.78, 5) is 13.2. The molecule has 2 heterocycles. The highest BCUT2D eigenvalue weighted by molar-refractivity contribution is 6.01. The molecule has 2 aromatic rings. The third-order valence-corrected chi connectivity index (χ3v) is 3.77. The van der Waals surface area contributed by atoms with Gasteiger partial charge in [-0.2, -0.15) is 13.2 Å². The van der Waals surface area contributed by atoms with Crippen LogP contribution in [0.4, 0.5) is 23.7 Å². The van der Waals surface area contributed by atoms with Crippen LogP contribution < -0.4 is 9.64 Å². The van der Waals surface area contributed by atoms with Crippen LogP contribution in [0.25, 0.3) is 11.0 Å². The number of alkyl halides is 3. The quantitative estimate of drug-likeness (QED) is 0.800. The molecule has 25 heavy (non-hydrogen) atoms. The number of ether oxygens (including phenoxy) is 2. The second-order valence-electron chi connectivity index (χ2n) is 5.65. The fourth-order valence-corrected chi connectivity index (χ4v) is 2.57. The normalized spacial score (nSPS) is 18.0. The van der Waals surface area contributed by atoms with Crippen LogP contribution in [0.15, 0.2) is 28.9 Å². The molecule has 1 fully saturated rings. The van der Waals surface area contributed by atoms with Crippen molar-refractivity contribution in [1.82, 2.24) is 0 Å². The number of amides is 1. The summed E-state index contributed by atoms with van der Waals surface area (Å²) >= 11 is 0. The Hall–Kier alpha value is -2.42. The number of halogens is 3. The third-order valence-electron chi connectivity index (χ3n) is 3.77. The van der Waals surface area contributed by atoms with Crippen molar-refractivity contribution in [3.63, 3.8) is 0 Å². The van der Waals surface area contributed by atoms with Gasteiger partial charge in [0.15, 0.2) is 0 Å². The molecule has 0 bridgehead atoms. The second-order valence-corrected chi connectivity index (χ2v) is 5.65. The molecule has 1 unspecified atom stereocenters. The van der Waals surface area contributed by atoms with Crippen LogP contribution in [0.3, 0.4) is 0 Å². The van der Waals surface area contributed by atoms with E-state index in [1.54, 1.807) is 18.2 Å². The molecule has 1 saturated heterocycles. The van der Waals surface area contributed by atoms with Gasteiger partial charge in [-0.25, -0.2) is 4.79 Å². The van der Waals surface area contributed by atoms with Crippen LogP contribution in [0.1, 0.15) is 12.8 Å².